The first-order valence-corrected chi connectivity index (χ1v) is 7.75. The van der Waals surface area contributed by atoms with Crippen LogP contribution in [0.3, 0.4) is 0 Å². The van der Waals surface area contributed by atoms with Crippen LogP contribution in [0, 0.1) is 5.92 Å². The average molecular weight is 388 g/mol. The van der Waals surface area contributed by atoms with Gasteiger partial charge in [0, 0.05) is 14.5 Å². The van der Waals surface area contributed by atoms with E-state index in [-0.39, 0.29) is 0 Å². The average Bonchev–Trinajstić information content (AvgIpc) is 2.76. The van der Waals surface area contributed by atoms with Gasteiger partial charge in [-0.05, 0) is 30.7 Å². The van der Waals surface area contributed by atoms with Crippen LogP contribution in [-0.2, 0) is 6.54 Å². The Morgan fingerprint density at radius 3 is 2.53 bits per heavy atom. The lowest BCUT2D eigenvalue weighted by molar-refractivity contribution is 0.459. The van der Waals surface area contributed by atoms with Gasteiger partial charge >= 0.3 is 0 Å². The van der Waals surface area contributed by atoms with Crippen molar-refractivity contribution in [2.45, 2.75) is 20.4 Å². The lowest BCUT2D eigenvalue weighted by atomic mass is 10.2. The fourth-order valence-corrected chi connectivity index (χ4v) is 2.98. The smallest absolute Gasteiger partial charge is 0.208 e. The second-order valence-corrected chi connectivity index (χ2v) is 6.63. The Bertz CT molecular complexity index is 532. The summed E-state index contributed by atoms with van der Waals surface area (Å²) in [4.78, 5) is 4.29. The summed E-state index contributed by atoms with van der Waals surface area (Å²) in [6.45, 7) is 5.97. The third-order valence-corrected chi connectivity index (χ3v) is 3.45. The van der Waals surface area contributed by atoms with Crippen molar-refractivity contribution >= 4 is 31.9 Å². The second-order valence-electron chi connectivity index (χ2n) is 4.80. The third-order valence-electron chi connectivity index (χ3n) is 2.53. The molecule has 0 aliphatic rings. The van der Waals surface area contributed by atoms with Crippen molar-refractivity contribution in [3.63, 3.8) is 0 Å². The van der Waals surface area contributed by atoms with Crippen LogP contribution in [0.2, 0.25) is 0 Å². The maximum atomic E-state index is 5.75. The highest BCUT2D eigenvalue weighted by atomic mass is 79.9. The quantitative estimate of drug-likeness (QED) is 0.813. The molecule has 19 heavy (non-hydrogen) atoms. The zero-order valence-corrected chi connectivity index (χ0v) is 14.1. The standard InChI is InChI=1S/C14H16Br2N2O/c1-9(2)6-17-8-14-18-7-13(19-14)10-3-11(15)5-12(16)4-10/h3-5,7,9,17H,6,8H2,1-2H3. The fraction of sp³-hybridized carbons (Fsp3) is 0.357. The first kappa shape index (κ1) is 14.8. The molecule has 0 radical (unpaired) electrons. The molecule has 2 aromatic rings. The molecule has 0 spiro atoms. The van der Waals surface area contributed by atoms with Crippen molar-refractivity contribution in [1.29, 1.82) is 0 Å². The Morgan fingerprint density at radius 2 is 1.89 bits per heavy atom. The van der Waals surface area contributed by atoms with Crippen molar-refractivity contribution in [2.75, 3.05) is 6.54 Å². The van der Waals surface area contributed by atoms with Crippen LogP contribution in [0.4, 0.5) is 0 Å². The number of aromatic nitrogens is 1. The largest absolute Gasteiger partial charge is 0.439 e. The molecule has 0 amide bonds. The zero-order chi connectivity index (χ0) is 13.8. The summed E-state index contributed by atoms with van der Waals surface area (Å²) < 4.78 is 7.76. The number of halogens is 2. The van der Waals surface area contributed by atoms with Crippen molar-refractivity contribution in [2.24, 2.45) is 5.92 Å². The van der Waals surface area contributed by atoms with E-state index in [1.807, 2.05) is 18.2 Å². The molecule has 5 heteroatoms. The molecule has 0 saturated carbocycles. The summed E-state index contributed by atoms with van der Waals surface area (Å²) in [5.74, 6) is 2.12. The number of benzene rings is 1. The van der Waals surface area contributed by atoms with Crippen LogP contribution in [0.15, 0.2) is 37.8 Å². The van der Waals surface area contributed by atoms with E-state index in [0.29, 0.717) is 18.4 Å². The highest BCUT2D eigenvalue weighted by Crippen LogP contribution is 2.28. The van der Waals surface area contributed by atoms with E-state index < -0.39 is 0 Å². The minimum absolute atomic E-state index is 0.621. The van der Waals surface area contributed by atoms with Crippen LogP contribution >= 0.6 is 31.9 Å². The summed E-state index contributed by atoms with van der Waals surface area (Å²) in [7, 11) is 0. The predicted molar refractivity (Wildman–Crippen MR) is 83.9 cm³/mol. The maximum absolute atomic E-state index is 5.75. The molecule has 1 aromatic carbocycles. The molecule has 102 valence electrons. The molecule has 0 unspecified atom stereocenters. The molecular formula is C14H16Br2N2O. The lowest BCUT2D eigenvalue weighted by Gasteiger charge is -2.04. The van der Waals surface area contributed by atoms with Crippen LogP contribution in [0.1, 0.15) is 19.7 Å². The fourth-order valence-electron chi connectivity index (χ4n) is 1.69. The van der Waals surface area contributed by atoms with Crippen LogP contribution in [0.25, 0.3) is 11.3 Å². The normalized spacial score (nSPS) is 11.2. The SMILES string of the molecule is CC(C)CNCc1ncc(-c2cc(Br)cc(Br)c2)o1. The van der Waals surface area contributed by atoms with E-state index >= 15 is 0 Å². The van der Waals surface area contributed by atoms with E-state index in [0.717, 1.165) is 26.8 Å². The number of rotatable bonds is 5. The van der Waals surface area contributed by atoms with Crippen molar-refractivity contribution in [1.82, 2.24) is 10.3 Å². The van der Waals surface area contributed by atoms with Gasteiger partial charge < -0.3 is 9.73 Å². The van der Waals surface area contributed by atoms with Crippen molar-refractivity contribution in [3.8, 4) is 11.3 Å². The van der Waals surface area contributed by atoms with Gasteiger partial charge in [0.15, 0.2) is 5.76 Å². The van der Waals surface area contributed by atoms with Crippen LogP contribution in [0.5, 0.6) is 0 Å². The number of oxazole rings is 1. The topological polar surface area (TPSA) is 38.1 Å². The van der Waals surface area contributed by atoms with E-state index in [1.54, 1.807) is 6.20 Å². The molecular weight excluding hydrogens is 372 g/mol. The third kappa shape index (κ3) is 4.44. The molecule has 0 atom stereocenters. The minimum Gasteiger partial charge on any atom is -0.439 e. The number of nitrogens with zero attached hydrogens (tertiary/aromatic N) is 1. The van der Waals surface area contributed by atoms with Gasteiger partial charge in [-0.1, -0.05) is 45.7 Å². The summed E-state index contributed by atoms with van der Waals surface area (Å²) >= 11 is 6.94. The predicted octanol–water partition coefficient (Wildman–Crippen LogP) is 4.61. The molecule has 2 rings (SSSR count). The molecule has 0 aliphatic carbocycles. The molecule has 0 aliphatic heterocycles. The Morgan fingerprint density at radius 1 is 1.21 bits per heavy atom. The van der Waals surface area contributed by atoms with E-state index in [4.69, 9.17) is 4.42 Å². The Hall–Kier alpha value is -0.650. The second kappa shape index (κ2) is 6.68. The molecule has 1 aromatic heterocycles. The van der Waals surface area contributed by atoms with Gasteiger partial charge in [-0.3, -0.25) is 0 Å². The van der Waals surface area contributed by atoms with Gasteiger partial charge in [-0.15, -0.1) is 0 Å². The van der Waals surface area contributed by atoms with Gasteiger partial charge in [0.05, 0.1) is 12.7 Å². The monoisotopic (exact) mass is 386 g/mol. The highest BCUT2D eigenvalue weighted by molar-refractivity contribution is 9.11. The van der Waals surface area contributed by atoms with E-state index in [9.17, 15) is 0 Å². The van der Waals surface area contributed by atoms with Gasteiger partial charge in [-0.2, -0.15) is 0 Å². The number of hydrogen-bond acceptors (Lipinski definition) is 3. The first-order valence-electron chi connectivity index (χ1n) is 6.16. The number of hydrogen-bond donors (Lipinski definition) is 1. The number of nitrogens with one attached hydrogen (secondary N) is 1. The molecule has 1 N–H and O–H groups in total. The van der Waals surface area contributed by atoms with Gasteiger partial charge in [0.1, 0.15) is 0 Å². The minimum atomic E-state index is 0.621. The molecule has 3 nitrogen and oxygen atoms in total. The Kier molecular flexibility index (Phi) is 5.19. The summed E-state index contributed by atoms with van der Waals surface area (Å²) in [5, 5.41) is 3.31. The summed E-state index contributed by atoms with van der Waals surface area (Å²) in [6.07, 6.45) is 1.76. The van der Waals surface area contributed by atoms with Gasteiger partial charge in [0.25, 0.3) is 0 Å². The molecule has 0 fully saturated rings. The maximum Gasteiger partial charge on any atom is 0.208 e. The summed E-state index contributed by atoms with van der Waals surface area (Å²) in [6, 6.07) is 6.01. The van der Waals surface area contributed by atoms with Crippen LogP contribution in [-0.4, -0.2) is 11.5 Å². The Labute approximate surface area is 130 Å². The van der Waals surface area contributed by atoms with Gasteiger partial charge in [0.2, 0.25) is 5.89 Å². The molecule has 0 bridgehead atoms. The van der Waals surface area contributed by atoms with E-state index in [1.165, 1.54) is 0 Å². The molecule has 0 saturated heterocycles. The first-order chi connectivity index (χ1) is 9.04. The molecule has 1 heterocycles. The Balaban J connectivity index is 2.07. The van der Waals surface area contributed by atoms with Crippen molar-refractivity contribution < 1.29 is 4.42 Å². The lowest BCUT2D eigenvalue weighted by Crippen LogP contribution is -2.18. The van der Waals surface area contributed by atoms with Crippen molar-refractivity contribution in [3.05, 3.63) is 39.2 Å². The highest BCUT2D eigenvalue weighted by Gasteiger charge is 2.08. The van der Waals surface area contributed by atoms with Crippen LogP contribution < -0.4 is 5.32 Å². The summed E-state index contributed by atoms with van der Waals surface area (Å²) in [5.41, 5.74) is 1.00. The van der Waals surface area contributed by atoms with E-state index in [2.05, 4.69) is 56.0 Å². The zero-order valence-electron chi connectivity index (χ0n) is 10.9. The van der Waals surface area contributed by atoms with Gasteiger partial charge in [-0.25, -0.2) is 4.98 Å².